The number of carbonyl (C=O) groups excluding carboxylic acids is 2. The molecular formula is C19H28BrIN4O3. The van der Waals surface area contributed by atoms with Crippen LogP contribution in [0, 0.1) is 5.92 Å². The quantitative estimate of drug-likeness (QED) is 0.256. The number of ether oxygens (including phenoxy) is 1. The summed E-state index contributed by atoms with van der Waals surface area (Å²) < 4.78 is 5.87. The summed E-state index contributed by atoms with van der Waals surface area (Å²) in [6, 6.07) is 7.99. The largest absolute Gasteiger partial charge is 0.469 e. The third-order valence-corrected chi connectivity index (χ3v) is 5.08. The first-order valence-electron chi connectivity index (χ1n) is 8.96. The number of nitrogens with one attached hydrogen (secondary N) is 1. The van der Waals surface area contributed by atoms with Gasteiger partial charge in [-0.25, -0.2) is 4.99 Å². The van der Waals surface area contributed by atoms with Crippen LogP contribution >= 0.6 is 39.9 Å². The van der Waals surface area contributed by atoms with Gasteiger partial charge in [-0.15, -0.1) is 24.0 Å². The summed E-state index contributed by atoms with van der Waals surface area (Å²) in [7, 11) is 4.88. The van der Waals surface area contributed by atoms with Crippen molar-refractivity contribution in [3.63, 3.8) is 0 Å². The molecule has 1 aliphatic rings. The minimum atomic E-state index is -0.154. The molecule has 0 atom stereocenters. The van der Waals surface area contributed by atoms with Crippen molar-refractivity contribution in [2.75, 3.05) is 40.8 Å². The van der Waals surface area contributed by atoms with E-state index in [0.29, 0.717) is 38.4 Å². The molecule has 156 valence electrons. The van der Waals surface area contributed by atoms with E-state index in [2.05, 4.69) is 26.1 Å². The molecule has 7 nitrogen and oxygen atoms in total. The second kappa shape index (κ2) is 12.3. The third-order valence-electron chi connectivity index (χ3n) is 4.55. The van der Waals surface area contributed by atoms with Gasteiger partial charge in [0.1, 0.15) is 0 Å². The number of rotatable bonds is 5. The average molecular weight is 567 g/mol. The van der Waals surface area contributed by atoms with Crippen molar-refractivity contribution in [3.05, 3.63) is 34.3 Å². The number of carbonyl (C=O) groups is 2. The molecule has 1 fully saturated rings. The molecule has 1 aromatic rings. The van der Waals surface area contributed by atoms with Crippen LogP contribution < -0.4 is 5.32 Å². The summed E-state index contributed by atoms with van der Waals surface area (Å²) in [6.45, 7) is 2.09. The molecule has 2 rings (SSSR count). The number of benzene rings is 1. The van der Waals surface area contributed by atoms with E-state index in [4.69, 9.17) is 9.73 Å². The fraction of sp³-hybridized carbons (Fsp3) is 0.526. The average Bonchev–Trinajstić information content (AvgIpc) is 2.68. The molecule has 1 saturated heterocycles. The summed E-state index contributed by atoms with van der Waals surface area (Å²) >= 11 is 3.43. The lowest BCUT2D eigenvalue weighted by Crippen LogP contribution is -2.49. The molecule has 1 aromatic carbocycles. The van der Waals surface area contributed by atoms with E-state index in [0.717, 1.165) is 10.0 Å². The van der Waals surface area contributed by atoms with E-state index in [1.54, 1.807) is 19.0 Å². The van der Waals surface area contributed by atoms with Gasteiger partial charge in [0.25, 0.3) is 0 Å². The molecule has 0 aromatic heterocycles. The van der Waals surface area contributed by atoms with E-state index in [1.165, 1.54) is 7.11 Å². The highest BCUT2D eigenvalue weighted by Crippen LogP contribution is 2.19. The molecule has 9 heteroatoms. The third kappa shape index (κ3) is 7.57. The number of piperidine rings is 1. The van der Waals surface area contributed by atoms with Crippen molar-refractivity contribution in [1.29, 1.82) is 0 Å². The number of aliphatic imine (C=N–C) groups is 1. The fourth-order valence-corrected chi connectivity index (χ4v) is 3.09. The number of amides is 1. The predicted molar refractivity (Wildman–Crippen MR) is 124 cm³/mol. The molecule has 0 aliphatic carbocycles. The fourth-order valence-electron chi connectivity index (χ4n) is 2.83. The van der Waals surface area contributed by atoms with Crippen molar-refractivity contribution in [3.8, 4) is 0 Å². The smallest absolute Gasteiger partial charge is 0.308 e. The molecule has 0 bridgehead atoms. The van der Waals surface area contributed by atoms with Crippen LogP contribution in [0.25, 0.3) is 0 Å². The number of esters is 1. The molecule has 0 radical (unpaired) electrons. The van der Waals surface area contributed by atoms with Gasteiger partial charge in [-0.2, -0.15) is 0 Å². The van der Waals surface area contributed by atoms with Crippen molar-refractivity contribution in [2.45, 2.75) is 19.4 Å². The van der Waals surface area contributed by atoms with Gasteiger partial charge in [-0.1, -0.05) is 28.1 Å². The number of likely N-dealkylation sites (tertiary alicyclic amines) is 1. The summed E-state index contributed by atoms with van der Waals surface area (Å²) in [6.07, 6.45) is 1.43. The first-order chi connectivity index (χ1) is 12.9. The predicted octanol–water partition coefficient (Wildman–Crippen LogP) is 2.49. The molecule has 28 heavy (non-hydrogen) atoms. The van der Waals surface area contributed by atoms with E-state index >= 15 is 0 Å². The van der Waals surface area contributed by atoms with Gasteiger partial charge in [0.05, 0.1) is 26.1 Å². The summed E-state index contributed by atoms with van der Waals surface area (Å²) in [5.41, 5.74) is 1.08. The topological polar surface area (TPSA) is 74.2 Å². The van der Waals surface area contributed by atoms with Gasteiger partial charge in [0.15, 0.2) is 5.96 Å². The SMILES string of the molecule is COC(=O)C1CCN(C(=NCc2ccc(Br)cc2)NCC(=O)N(C)C)CC1.I. The monoisotopic (exact) mass is 566 g/mol. The van der Waals surface area contributed by atoms with E-state index in [1.807, 2.05) is 24.3 Å². The lowest BCUT2D eigenvalue weighted by atomic mass is 9.97. The van der Waals surface area contributed by atoms with Crippen LogP contribution in [-0.4, -0.2) is 68.5 Å². The van der Waals surface area contributed by atoms with E-state index in [-0.39, 0.29) is 48.3 Å². The van der Waals surface area contributed by atoms with Crippen LogP contribution in [0.1, 0.15) is 18.4 Å². The van der Waals surface area contributed by atoms with Gasteiger partial charge >= 0.3 is 5.97 Å². The van der Waals surface area contributed by atoms with Gasteiger partial charge in [0.2, 0.25) is 5.91 Å². The van der Waals surface area contributed by atoms with Crippen molar-refractivity contribution >= 4 is 57.7 Å². The zero-order valence-electron chi connectivity index (χ0n) is 16.5. The minimum Gasteiger partial charge on any atom is -0.469 e. The van der Waals surface area contributed by atoms with Gasteiger partial charge in [0, 0.05) is 31.7 Å². The van der Waals surface area contributed by atoms with Gasteiger partial charge in [-0.3, -0.25) is 9.59 Å². The maximum Gasteiger partial charge on any atom is 0.308 e. The second-order valence-electron chi connectivity index (χ2n) is 6.69. The number of methoxy groups -OCH3 is 1. The second-order valence-corrected chi connectivity index (χ2v) is 7.61. The zero-order chi connectivity index (χ0) is 19.8. The van der Waals surface area contributed by atoms with E-state index < -0.39 is 0 Å². The van der Waals surface area contributed by atoms with Crippen LogP contribution in [0.15, 0.2) is 33.7 Å². The molecule has 1 N–H and O–H groups in total. The lowest BCUT2D eigenvalue weighted by molar-refractivity contribution is -0.146. The Hall–Kier alpha value is -1.36. The number of hydrogen-bond donors (Lipinski definition) is 1. The van der Waals surface area contributed by atoms with Crippen molar-refractivity contribution in [2.24, 2.45) is 10.9 Å². The number of guanidine groups is 1. The Morgan fingerprint density at radius 3 is 2.39 bits per heavy atom. The highest BCUT2D eigenvalue weighted by molar-refractivity contribution is 14.0. The Kier molecular flexibility index (Phi) is 10.8. The first kappa shape index (κ1) is 24.7. The van der Waals surface area contributed by atoms with Gasteiger partial charge in [-0.05, 0) is 30.5 Å². The molecule has 0 saturated carbocycles. The lowest BCUT2D eigenvalue weighted by Gasteiger charge is -2.33. The number of nitrogens with zero attached hydrogens (tertiary/aromatic N) is 3. The maximum absolute atomic E-state index is 11.9. The van der Waals surface area contributed by atoms with Crippen LogP contribution in [0.2, 0.25) is 0 Å². The van der Waals surface area contributed by atoms with Crippen molar-refractivity contribution in [1.82, 2.24) is 15.1 Å². The van der Waals surface area contributed by atoms with Crippen LogP contribution in [0.5, 0.6) is 0 Å². The van der Waals surface area contributed by atoms with Crippen LogP contribution in [0.4, 0.5) is 0 Å². The maximum atomic E-state index is 11.9. The molecule has 0 unspecified atom stereocenters. The number of hydrogen-bond acceptors (Lipinski definition) is 4. The normalized spacial score (nSPS) is 14.9. The number of likely N-dealkylation sites (N-methyl/N-ethyl adjacent to an activating group) is 1. The minimum absolute atomic E-state index is 0. The summed E-state index contributed by atoms with van der Waals surface area (Å²) in [5.74, 6) is 0.452. The standard InChI is InChI=1S/C19H27BrN4O3.HI/c1-23(2)17(25)13-22-19(21-12-14-4-6-16(20)7-5-14)24-10-8-15(9-11-24)18(26)27-3;/h4-7,15H,8-13H2,1-3H3,(H,21,22);1H. The Bertz CT molecular complexity index is 674. The van der Waals surface area contributed by atoms with Crippen LogP contribution in [-0.2, 0) is 20.9 Å². The Balaban J connectivity index is 0.00000392. The Morgan fingerprint density at radius 1 is 1.25 bits per heavy atom. The van der Waals surface area contributed by atoms with Crippen molar-refractivity contribution < 1.29 is 14.3 Å². The first-order valence-corrected chi connectivity index (χ1v) is 9.75. The van der Waals surface area contributed by atoms with Gasteiger partial charge < -0.3 is 19.9 Å². The summed E-state index contributed by atoms with van der Waals surface area (Å²) in [4.78, 5) is 32.0. The molecule has 1 heterocycles. The highest BCUT2D eigenvalue weighted by Gasteiger charge is 2.27. The Labute approximate surface area is 192 Å². The molecule has 1 aliphatic heterocycles. The number of halogens is 2. The molecular weight excluding hydrogens is 539 g/mol. The highest BCUT2D eigenvalue weighted by atomic mass is 127. The molecule has 0 spiro atoms. The Morgan fingerprint density at radius 2 is 1.86 bits per heavy atom. The molecule has 1 amide bonds. The summed E-state index contributed by atoms with van der Waals surface area (Å²) in [5, 5.41) is 3.17. The zero-order valence-corrected chi connectivity index (χ0v) is 20.4. The van der Waals surface area contributed by atoms with E-state index in [9.17, 15) is 9.59 Å². The van der Waals surface area contributed by atoms with Crippen LogP contribution in [0.3, 0.4) is 0 Å².